The first kappa shape index (κ1) is 18.6. The predicted molar refractivity (Wildman–Crippen MR) is 105 cm³/mol. The molecular weight excluding hydrogens is 324 g/mol. The van der Waals surface area contributed by atoms with Crippen molar-refractivity contribution in [1.82, 2.24) is 9.88 Å². The molecule has 0 saturated heterocycles. The van der Waals surface area contributed by atoms with Gasteiger partial charge in [0.15, 0.2) is 5.78 Å². The van der Waals surface area contributed by atoms with E-state index in [-0.39, 0.29) is 11.3 Å². The highest BCUT2D eigenvalue weighted by molar-refractivity contribution is 5.96. The fourth-order valence-electron chi connectivity index (χ4n) is 4.06. The number of pyridine rings is 1. The molecule has 0 saturated carbocycles. The van der Waals surface area contributed by atoms with E-state index in [4.69, 9.17) is 0 Å². The van der Waals surface area contributed by atoms with Crippen LogP contribution in [-0.2, 0) is 12.8 Å². The monoisotopic (exact) mass is 352 g/mol. The summed E-state index contributed by atoms with van der Waals surface area (Å²) in [5.74, 6) is 0.109. The number of Topliss-reactive ketones (excluding diaryl/α,β-unsaturated/α-hetero) is 1. The van der Waals surface area contributed by atoms with Crippen LogP contribution >= 0.6 is 0 Å². The standard InChI is InChI=1S/C22H28N2O2/c1-5-24-11-10-17-13-18(6-7-20(17)16(24)4)21(25)9-8-19-14(2)12-15(3)23-22(19)26/h6-7,12-13,16H,5,8-11H2,1-4H3,(H,23,26). The lowest BCUT2D eigenvalue weighted by atomic mass is 9.90. The van der Waals surface area contributed by atoms with E-state index in [0.29, 0.717) is 24.4 Å². The van der Waals surface area contributed by atoms with Crippen molar-refractivity contribution in [3.8, 4) is 0 Å². The van der Waals surface area contributed by atoms with Crippen molar-refractivity contribution in [2.24, 2.45) is 0 Å². The Hall–Kier alpha value is -2.20. The van der Waals surface area contributed by atoms with Crippen LogP contribution in [-0.4, -0.2) is 28.8 Å². The number of hydrogen-bond acceptors (Lipinski definition) is 3. The van der Waals surface area contributed by atoms with Crippen molar-refractivity contribution in [2.45, 2.75) is 53.0 Å². The Balaban J connectivity index is 1.75. The third-order valence-electron chi connectivity index (χ3n) is 5.63. The zero-order valence-electron chi connectivity index (χ0n) is 16.2. The summed E-state index contributed by atoms with van der Waals surface area (Å²) >= 11 is 0. The van der Waals surface area contributed by atoms with Gasteiger partial charge in [-0.05, 0) is 69.0 Å². The number of nitrogens with one attached hydrogen (secondary N) is 1. The molecule has 4 heteroatoms. The molecule has 1 aromatic heterocycles. The number of fused-ring (bicyclic) bond motifs is 1. The third-order valence-corrected chi connectivity index (χ3v) is 5.63. The van der Waals surface area contributed by atoms with Gasteiger partial charge in [-0.2, -0.15) is 0 Å². The molecule has 1 unspecified atom stereocenters. The fraction of sp³-hybridized carbons (Fsp3) is 0.455. The van der Waals surface area contributed by atoms with E-state index in [1.54, 1.807) is 0 Å². The first-order valence-electron chi connectivity index (χ1n) is 9.50. The van der Waals surface area contributed by atoms with Gasteiger partial charge in [0.1, 0.15) is 0 Å². The van der Waals surface area contributed by atoms with Gasteiger partial charge < -0.3 is 4.98 Å². The van der Waals surface area contributed by atoms with Crippen LogP contribution in [0.1, 0.15) is 64.6 Å². The maximum Gasteiger partial charge on any atom is 0.251 e. The van der Waals surface area contributed by atoms with Gasteiger partial charge in [0.25, 0.3) is 5.56 Å². The van der Waals surface area contributed by atoms with Crippen LogP contribution in [0.4, 0.5) is 0 Å². The quantitative estimate of drug-likeness (QED) is 0.834. The van der Waals surface area contributed by atoms with Crippen molar-refractivity contribution in [2.75, 3.05) is 13.1 Å². The van der Waals surface area contributed by atoms with Crippen LogP contribution in [0, 0.1) is 13.8 Å². The number of H-pyrrole nitrogens is 1. The number of ketones is 1. The molecule has 1 aliphatic rings. The van der Waals surface area contributed by atoms with Crippen molar-refractivity contribution in [3.63, 3.8) is 0 Å². The number of nitrogens with zero attached hydrogens (tertiary/aromatic N) is 1. The van der Waals surface area contributed by atoms with E-state index in [1.165, 1.54) is 11.1 Å². The molecule has 4 nitrogen and oxygen atoms in total. The molecule has 0 aliphatic carbocycles. The second-order valence-corrected chi connectivity index (χ2v) is 7.33. The predicted octanol–water partition coefficient (Wildman–Crippen LogP) is 3.75. The molecule has 1 N–H and O–H groups in total. The second kappa shape index (κ2) is 7.58. The number of carbonyl (C=O) groups is 1. The van der Waals surface area contributed by atoms with Crippen molar-refractivity contribution in [3.05, 3.63) is 68.1 Å². The third kappa shape index (κ3) is 3.65. The van der Waals surface area contributed by atoms with Gasteiger partial charge in [-0.3, -0.25) is 14.5 Å². The highest BCUT2D eigenvalue weighted by Gasteiger charge is 2.23. The van der Waals surface area contributed by atoms with E-state index in [9.17, 15) is 9.59 Å². The average molecular weight is 352 g/mol. The van der Waals surface area contributed by atoms with Gasteiger partial charge in [-0.25, -0.2) is 0 Å². The first-order chi connectivity index (χ1) is 12.4. The molecule has 2 aromatic rings. The van der Waals surface area contributed by atoms with E-state index in [1.807, 2.05) is 26.0 Å². The van der Waals surface area contributed by atoms with Gasteiger partial charge >= 0.3 is 0 Å². The molecule has 3 rings (SSSR count). The average Bonchev–Trinajstić information content (AvgIpc) is 2.60. The molecule has 0 bridgehead atoms. The minimum absolute atomic E-state index is 0.0748. The molecule has 0 fully saturated rings. The lowest BCUT2D eigenvalue weighted by molar-refractivity contribution is 0.0982. The number of aromatic amines is 1. The van der Waals surface area contributed by atoms with Crippen LogP contribution in [0.5, 0.6) is 0 Å². The number of carbonyl (C=O) groups excluding carboxylic acids is 1. The van der Waals surface area contributed by atoms with Gasteiger partial charge in [0, 0.05) is 35.8 Å². The molecule has 1 aromatic carbocycles. The molecule has 26 heavy (non-hydrogen) atoms. The number of aromatic nitrogens is 1. The van der Waals surface area contributed by atoms with Gasteiger partial charge in [0.2, 0.25) is 0 Å². The first-order valence-corrected chi connectivity index (χ1v) is 9.50. The molecule has 2 heterocycles. The Morgan fingerprint density at radius 3 is 2.73 bits per heavy atom. The van der Waals surface area contributed by atoms with Crippen molar-refractivity contribution in [1.29, 1.82) is 0 Å². The minimum Gasteiger partial charge on any atom is -0.326 e. The molecule has 0 spiro atoms. The van der Waals surface area contributed by atoms with E-state index < -0.39 is 0 Å². The van der Waals surface area contributed by atoms with Gasteiger partial charge in [0.05, 0.1) is 0 Å². The van der Waals surface area contributed by atoms with Crippen LogP contribution in [0.3, 0.4) is 0 Å². The number of rotatable bonds is 5. The Kier molecular flexibility index (Phi) is 5.42. The summed E-state index contributed by atoms with van der Waals surface area (Å²) in [5.41, 5.74) is 5.84. The van der Waals surface area contributed by atoms with Gasteiger partial charge in [-0.15, -0.1) is 0 Å². The van der Waals surface area contributed by atoms with Crippen molar-refractivity contribution >= 4 is 5.78 Å². The summed E-state index contributed by atoms with van der Waals surface area (Å²) in [6, 6.07) is 8.48. The van der Waals surface area contributed by atoms with Gasteiger partial charge in [-0.1, -0.05) is 19.1 Å². The lowest BCUT2D eigenvalue weighted by Crippen LogP contribution is -2.33. The minimum atomic E-state index is -0.0748. The molecule has 1 aliphatic heterocycles. The number of hydrogen-bond donors (Lipinski definition) is 1. The zero-order chi connectivity index (χ0) is 18.8. The molecule has 138 valence electrons. The molecule has 0 radical (unpaired) electrons. The fourth-order valence-corrected chi connectivity index (χ4v) is 4.06. The highest BCUT2D eigenvalue weighted by atomic mass is 16.1. The van der Waals surface area contributed by atoms with Crippen molar-refractivity contribution < 1.29 is 4.79 Å². The Bertz CT molecular complexity index is 882. The van der Waals surface area contributed by atoms with Crippen LogP contribution in [0.25, 0.3) is 0 Å². The maximum absolute atomic E-state index is 12.7. The van der Waals surface area contributed by atoms with E-state index in [2.05, 4.69) is 35.9 Å². The Morgan fingerprint density at radius 2 is 2.04 bits per heavy atom. The van der Waals surface area contributed by atoms with Crippen LogP contribution in [0.15, 0.2) is 29.1 Å². The summed E-state index contributed by atoms with van der Waals surface area (Å²) in [6.45, 7) is 10.3. The smallest absolute Gasteiger partial charge is 0.251 e. The maximum atomic E-state index is 12.7. The molecule has 1 atom stereocenters. The summed E-state index contributed by atoms with van der Waals surface area (Å²) in [7, 11) is 0. The molecular formula is C22H28N2O2. The van der Waals surface area contributed by atoms with Crippen LogP contribution in [0.2, 0.25) is 0 Å². The topological polar surface area (TPSA) is 53.2 Å². The lowest BCUT2D eigenvalue weighted by Gasteiger charge is -2.34. The van der Waals surface area contributed by atoms with Crippen LogP contribution < -0.4 is 5.56 Å². The van der Waals surface area contributed by atoms with E-state index in [0.717, 1.165) is 36.3 Å². The number of benzene rings is 1. The summed E-state index contributed by atoms with van der Waals surface area (Å²) < 4.78 is 0. The number of aryl methyl sites for hydroxylation is 2. The Morgan fingerprint density at radius 1 is 1.27 bits per heavy atom. The SMILES string of the molecule is CCN1CCc2cc(C(=O)CCc3c(C)cc(C)[nH]c3=O)ccc2C1C. The second-order valence-electron chi connectivity index (χ2n) is 7.33. The zero-order valence-corrected chi connectivity index (χ0v) is 16.2. The normalized spacial score (nSPS) is 17.2. The van der Waals surface area contributed by atoms with E-state index >= 15 is 0 Å². The molecule has 0 amide bonds. The number of likely N-dealkylation sites (N-methyl/N-ethyl adjacent to an activating group) is 1. The summed E-state index contributed by atoms with van der Waals surface area (Å²) in [5, 5.41) is 0. The summed E-state index contributed by atoms with van der Waals surface area (Å²) in [4.78, 5) is 30.1. The highest BCUT2D eigenvalue weighted by Crippen LogP contribution is 2.30. The Labute approximate surface area is 155 Å². The largest absolute Gasteiger partial charge is 0.326 e. The summed E-state index contributed by atoms with van der Waals surface area (Å²) in [6.07, 6.45) is 1.84.